The summed E-state index contributed by atoms with van der Waals surface area (Å²) in [6, 6.07) is 14.5. The summed E-state index contributed by atoms with van der Waals surface area (Å²) in [7, 11) is 1.58. The second-order valence-corrected chi connectivity index (χ2v) is 4.94. The van der Waals surface area contributed by atoms with Gasteiger partial charge in [-0.2, -0.15) is 5.10 Å². The van der Waals surface area contributed by atoms with Crippen LogP contribution in [-0.4, -0.2) is 25.1 Å². The molecule has 0 atom stereocenters. The van der Waals surface area contributed by atoms with Crippen LogP contribution < -0.4 is 15.5 Å². The lowest BCUT2D eigenvalue weighted by molar-refractivity contribution is -0.136. The minimum Gasteiger partial charge on any atom is -0.497 e. The Morgan fingerprint density at radius 3 is 2.46 bits per heavy atom. The van der Waals surface area contributed by atoms with Gasteiger partial charge in [0.2, 0.25) is 0 Å². The van der Waals surface area contributed by atoms with Crippen molar-refractivity contribution in [1.29, 1.82) is 0 Å². The van der Waals surface area contributed by atoms with Gasteiger partial charge >= 0.3 is 11.8 Å². The van der Waals surface area contributed by atoms with E-state index in [1.807, 2.05) is 19.1 Å². The number of aryl methyl sites for hydroxylation is 1. The van der Waals surface area contributed by atoms with Gasteiger partial charge in [0.25, 0.3) is 0 Å². The van der Waals surface area contributed by atoms with Gasteiger partial charge in [0.15, 0.2) is 0 Å². The van der Waals surface area contributed by atoms with E-state index in [9.17, 15) is 9.59 Å². The summed E-state index contributed by atoms with van der Waals surface area (Å²) in [6.45, 7) is 1.98. The van der Waals surface area contributed by atoms with Gasteiger partial charge in [0.05, 0.1) is 13.3 Å². The van der Waals surface area contributed by atoms with Crippen molar-refractivity contribution in [2.45, 2.75) is 13.3 Å². The average Bonchev–Trinajstić information content (AvgIpc) is 2.62. The molecule has 0 radical (unpaired) electrons. The number of carbonyl (C=O) groups excluding carboxylic acids is 2. The summed E-state index contributed by atoms with van der Waals surface area (Å²) in [5.41, 5.74) is 4.56. The van der Waals surface area contributed by atoms with Crippen molar-refractivity contribution in [3.63, 3.8) is 0 Å². The van der Waals surface area contributed by atoms with Crippen molar-refractivity contribution >= 4 is 23.7 Å². The molecule has 0 saturated heterocycles. The van der Waals surface area contributed by atoms with E-state index in [2.05, 4.69) is 15.8 Å². The number of hydrogen-bond acceptors (Lipinski definition) is 4. The predicted octanol–water partition coefficient (Wildman–Crippen LogP) is 2.35. The molecule has 2 aromatic carbocycles. The summed E-state index contributed by atoms with van der Waals surface area (Å²) < 4.78 is 5.05. The normalized spacial score (nSPS) is 10.4. The zero-order valence-corrected chi connectivity index (χ0v) is 13.6. The van der Waals surface area contributed by atoms with Crippen molar-refractivity contribution in [2.75, 3.05) is 12.4 Å². The van der Waals surface area contributed by atoms with Gasteiger partial charge in [0.1, 0.15) is 5.75 Å². The molecule has 6 nitrogen and oxygen atoms in total. The molecular formula is C18H19N3O3. The monoisotopic (exact) mass is 325 g/mol. The number of methoxy groups -OCH3 is 1. The largest absolute Gasteiger partial charge is 0.497 e. The molecule has 0 unspecified atom stereocenters. The molecule has 6 heteroatoms. The zero-order valence-electron chi connectivity index (χ0n) is 13.6. The SMILES string of the molecule is CCc1ccccc1NC(=O)C(=O)NN=Cc1ccc(OC)cc1. The number of hydrazone groups is 1. The van der Waals surface area contributed by atoms with E-state index >= 15 is 0 Å². The summed E-state index contributed by atoms with van der Waals surface area (Å²) in [4.78, 5) is 23.7. The molecule has 0 aliphatic heterocycles. The fraction of sp³-hybridized carbons (Fsp3) is 0.167. The molecule has 0 aliphatic carbocycles. The number of carbonyl (C=O) groups is 2. The lowest BCUT2D eigenvalue weighted by atomic mass is 10.1. The summed E-state index contributed by atoms with van der Waals surface area (Å²) in [6.07, 6.45) is 2.21. The number of para-hydroxylation sites is 1. The van der Waals surface area contributed by atoms with Crippen molar-refractivity contribution in [2.24, 2.45) is 5.10 Å². The van der Waals surface area contributed by atoms with E-state index in [1.165, 1.54) is 6.21 Å². The Morgan fingerprint density at radius 2 is 1.79 bits per heavy atom. The van der Waals surface area contributed by atoms with Crippen molar-refractivity contribution in [3.05, 3.63) is 59.7 Å². The molecule has 124 valence electrons. The van der Waals surface area contributed by atoms with Crippen LogP contribution in [0.25, 0.3) is 0 Å². The van der Waals surface area contributed by atoms with Gasteiger partial charge in [-0.3, -0.25) is 9.59 Å². The number of amides is 2. The van der Waals surface area contributed by atoms with Crippen LogP contribution in [0.15, 0.2) is 53.6 Å². The highest BCUT2D eigenvalue weighted by Crippen LogP contribution is 2.15. The van der Waals surface area contributed by atoms with Crippen LogP contribution in [0.3, 0.4) is 0 Å². The Labute approximate surface area is 140 Å². The van der Waals surface area contributed by atoms with E-state index in [4.69, 9.17) is 4.74 Å². The number of benzene rings is 2. The van der Waals surface area contributed by atoms with Crippen LogP contribution in [-0.2, 0) is 16.0 Å². The number of hydrogen-bond donors (Lipinski definition) is 2. The molecular weight excluding hydrogens is 306 g/mol. The third-order valence-electron chi connectivity index (χ3n) is 3.35. The summed E-state index contributed by atoms with van der Waals surface area (Å²) in [5.74, 6) is -0.862. The van der Waals surface area contributed by atoms with Crippen LogP contribution in [0.1, 0.15) is 18.1 Å². The van der Waals surface area contributed by atoms with Gasteiger partial charge in [-0.1, -0.05) is 25.1 Å². The molecule has 0 aliphatic rings. The average molecular weight is 325 g/mol. The van der Waals surface area contributed by atoms with Crippen LogP contribution in [0.2, 0.25) is 0 Å². The molecule has 2 aromatic rings. The minimum absolute atomic E-state index is 0.624. The first-order chi connectivity index (χ1) is 11.6. The molecule has 0 saturated carbocycles. The first-order valence-corrected chi connectivity index (χ1v) is 7.50. The topological polar surface area (TPSA) is 79.8 Å². The molecule has 0 fully saturated rings. The van der Waals surface area contributed by atoms with Crippen molar-refractivity contribution in [3.8, 4) is 5.75 Å². The predicted molar refractivity (Wildman–Crippen MR) is 93.2 cm³/mol. The number of ether oxygens (including phenoxy) is 1. The Morgan fingerprint density at radius 1 is 1.08 bits per heavy atom. The standard InChI is InChI=1S/C18H19N3O3/c1-3-14-6-4-5-7-16(14)20-17(22)18(23)21-19-12-13-8-10-15(24-2)11-9-13/h4-12H,3H2,1-2H3,(H,20,22)(H,21,23). The highest BCUT2D eigenvalue weighted by molar-refractivity contribution is 6.39. The van der Waals surface area contributed by atoms with E-state index in [1.54, 1.807) is 43.5 Å². The second kappa shape index (κ2) is 8.47. The molecule has 0 spiro atoms. The summed E-state index contributed by atoms with van der Waals surface area (Å²) >= 11 is 0. The first-order valence-electron chi connectivity index (χ1n) is 7.50. The smallest absolute Gasteiger partial charge is 0.329 e. The lowest BCUT2D eigenvalue weighted by Crippen LogP contribution is -2.32. The Kier molecular flexibility index (Phi) is 6.08. The van der Waals surface area contributed by atoms with Gasteiger partial charge < -0.3 is 10.1 Å². The number of nitrogens with zero attached hydrogens (tertiary/aromatic N) is 1. The molecule has 0 aromatic heterocycles. The molecule has 0 heterocycles. The van der Waals surface area contributed by atoms with Crippen molar-refractivity contribution in [1.82, 2.24) is 5.43 Å². The molecule has 2 amide bonds. The second-order valence-electron chi connectivity index (χ2n) is 4.94. The number of anilines is 1. The van der Waals surface area contributed by atoms with E-state index < -0.39 is 11.8 Å². The van der Waals surface area contributed by atoms with Crippen LogP contribution in [0.5, 0.6) is 5.75 Å². The number of rotatable bonds is 5. The van der Waals surface area contributed by atoms with E-state index in [-0.39, 0.29) is 0 Å². The third kappa shape index (κ3) is 4.67. The fourth-order valence-corrected chi connectivity index (χ4v) is 2.04. The maximum atomic E-state index is 11.9. The number of nitrogens with one attached hydrogen (secondary N) is 2. The van der Waals surface area contributed by atoms with Crippen LogP contribution in [0.4, 0.5) is 5.69 Å². The fourth-order valence-electron chi connectivity index (χ4n) is 2.04. The van der Waals surface area contributed by atoms with Gasteiger partial charge in [0, 0.05) is 5.69 Å². The minimum atomic E-state index is -0.828. The maximum absolute atomic E-state index is 11.9. The van der Waals surface area contributed by atoms with E-state index in [0.717, 1.165) is 23.3 Å². The molecule has 0 bridgehead atoms. The van der Waals surface area contributed by atoms with Gasteiger partial charge in [-0.25, -0.2) is 5.43 Å². The van der Waals surface area contributed by atoms with Crippen molar-refractivity contribution < 1.29 is 14.3 Å². The van der Waals surface area contributed by atoms with Crippen LogP contribution >= 0.6 is 0 Å². The van der Waals surface area contributed by atoms with Crippen LogP contribution in [0, 0.1) is 0 Å². The lowest BCUT2D eigenvalue weighted by Gasteiger charge is -2.08. The highest BCUT2D eigenvalue weighted by Gasteiger charge is 2.14. The molecule has 24 heavy (non-hydrogen) atoms. The zero-order chi connectivity index (χ0) is 17.4. The highest BCUT2D eigenvalue weighted by atomic mass is 16.5. The quantitative estimate of drug-likeness (QED) is 0.503. The van der Waals surface area contributed by atoms with E-state index in [0.29, 0.717) is 5.69 Å². The Hall–Kier alpha value is -3.15. The van der Waals surface area contributed by atoms with Gasteiger partial charge in [-0.05, 0) is 47.9 Å². The maximum Gasteiger partial charge on any atom is 0.329 e. The molecule has 2 N–H and O–H groups in total. The Balaban J connectivity index is 1.91. The Bertz CT molecular complexity index is 739. The van der Waals surface area contributed by atoms with Gasteiger partial charge in [-0.15, -0.1) is 0 Å². The molecule has 2 rings (SSSR count). The third-order valence-corrected chi connectivity index (χ3v) is 3.35. The summed E-state index contributed by atoms with van der Waals surface area (Å²) in [5, 5.41) is 6.36. The first kappa shape index (κ1) is 17.2.